The largest absolute Gasteiger partial charge is 0.465 e. The average molecular weight is 263 g/mol. The first-order chi connectivity index (χ1) is 7.66. The van der Waals surface area contributed by atoms with E-state index >= 15 is 0 Å². The van der Waals surface area contributed by atoms with E-state index in [-0.39, 0.29) is 6.54 Å². The van der Waals surface area contributed by atoms with Gasteiger partial charge in [-0.15, -0.1) is 0 Å². The van der Waals surface area contributed by atoms with Crippen LogP contribution >= 0.6 is 0 Å². The molecule has 102 valence electrons. The van der Waals surface area contributed by atoms with Crippen molar-refractivity contribution < 1.29 is 31.5 Å². The normalized spacial score (nSPS) is 12.9. The molecule has 0 aliphatic heterocycles. The van der Waals surface area contributed by atoms with E-state index in [1.807, 2.05) is 0 Å². The summed E-state index contributed by atoms with van der Waals surface area (Å²) in [5, 5.41) is 0. The summed E-state index contributed by atoms with van der Waals surface area (Å²) >= 11 is 0. The molecule has 0 fully saturated rings. The highest BCUT2D eigenvalue weighted by atomic mass is 19.4. The van der Waals surface area contributed by atoms with Crippen LogP contribution in [0.4, 0.5) is 22.0 Å². The van der Waals surface area contributed by atoms with Crippen molar-refractivity contribution in [3.05, 3.63) is 0 Å². The van der Waals surface area contributed by atoms with E-state index in [0.29, 0.717) is 13.1 Å². The number of carbonyl (C=O) groups is 1. The number of likely N-dealkylation sites (N-methyl/N-ethyl adjacent to an activating group) is 1. The van der Waals surface area contributed by atoms with Gasteiger partial charge in [-0.3, -0.25) is 0 Å². The van der Waals surface area contributed by atoms with Crippen LogP contribution in [-0.2, 0) is 9.53 Å². The van der Waals surface area contributed by atoms with Gasteiger partial charge in [-0.25, -0.2) is 4.79 Å². The second-order valence-corrected chi connectivity index (χ2v) is 3.23. The number of ether oxygens (including phenoxy) is 1. The second kappa shape index (κ2) is 6.13. The lowest BCUT2D eigenvalue weighted by molar-refractivity contribution is -0.280. The molecule has 0 saturated heterocycles. The van der Waals surface area contributed by atoms with Crippen LogP contribution in [-0.4, -0.2) is 49.2 Å². The Hall–Kier alpha value is -0.920. The third-order valence-electron chi connectivity index (χ3n) is 2.15. The summed E-state index contributed by atoms with van der Waals surface area (Å²) in [4.78, 5) is 12.3. The SMILES string of the molecule is CCN(CC)CCOC(=O)C(F)(F)C(F)(F)F. The summed E-state index contributed by atoms with van der Waals surface area (Å²) in [6.07, 6.45) is -5.92. The average Bonchev–Trinajstić information content (AvgIpc) is 2.22. The van der Waals surface area contributed by atoms with Crippen molar-refractivity contribution >= 4 is 5.97 Å². The van der Waals surface area contributed by atoms with E-state index in [9.17, 15) is 26.7 Å². The monoisotopic (exact) mass is 263 g/mol. The van der Waals surface area contributed by atoms with Gasteiger partial charge in [0.2, 0.25) is 0 Å². The van der Waals surface area contributed by atoms with Crippen LogP contribution in [0.2, 0.25) is 0 Å². The first kappa shape index (κ1) is 16.1. The van der Waals surface area contributed by atoms with Gasteiger partial charge < -0.3 is 9.64 Å². The molecule has 8 heteroatoms. The number of alkyl halides is 5. The number of nitrogens with zero attached hydrogens (tertiary/aromatic N) is 1. The molecular formula is C9H14F5NO2. The maximum atomic E-state index is 12.4. The fraction of sp³-hybridized carbons (Fsp3) is 0.889. The molecule has 0 radical (unpaired) electrons. The van der Waals surface area contributed by atoms with Crippen molar-refractivity contribution in [1.29, 1.82) is 0 Å². The molecule has 0 aliphatic carbocycles. The van der Waals surface area contributed by atoms with E-state index < -0.39 is 24.7 Å². The standard InChI is InChI=1S/C9H14F5NO2/c1-3-15(4-2)5-6-17-7(16)8(10,11)9(12,13)14/h3-6H2,1-2H3. The molecule has 0 N–H and O–H groups in total. The van der Waals surface area contributed by atoms with Gasteiger partial charge in [-0.2, -0.15) is 22.0 Å². The van der Waals surface area contributed by atoms with Gasteiger partial charge in [0.05, 0.1) is 0 Å². The highest BCUT2D eigenvalue weighted by Crippen LogP contribution is 2.36. The van der Waals surface area contributed by atoms with Gasteiger partial charge in [0, 0.05) is 6.54 Å². The Morgan fingerprint density at radius 2 is 1.59 bits per heavy atom. The van der Waals surface area contributed by atoms with Gasteiger partial charge in [0.15, 0.2) is 0 Å². The van der Waals surface area contributed by atoms with Crippen molar-refractivity contribution in [2.45, 2.75) is 25.9 Å². The predicted molar refractivity (Wildman–Crippen MR) is 49.7 cm³/mol. The molecule has 0 atom stereocenters. The molecular weight excluding hydrogens is 249 g/mol. The van der Waals surface area contributed by atoms with Crippen LogP contribution in [0.1, 0.15) is 13.8 Å². The molecule has 0 aliphatic rings. The molecule has 0 aromatic heterocycles. The lowest BCUT2D eigenvalue weighted by Gasteiger charge is -2.20. The van der Waals surface area contributed by atoms with Crippen LogP contribution in [0.3, 0.4) is 0 Å². The number of hydrogen-bond donors (Lipinski definition) is 0. The van der Waals surface area contributed by atoms with E-state index in [1.165, 1.54) is 0 Å². The molecule has 0 rings (SSSR count). The summed E-state index contributed by atoms with van der Waals surface area (Å²) in [7, 11) is 0. The summed E-state index contributed by atoms with van der Waals surface area (Å²) < 4.78 is 63.9. The maximum Gasteiger partial charge on any atom is 0.465 e. The molecule has 0 saturated carbocycles. The molecule has 0 aromatic rings. The molecule has 0 spiro atoms. The Kier molecular flexibility index (Phi) is 5.80. The third-order valence-corrected chi connectivity index (χ3v) is 2.15. The molecule has 0 aromatic carbocycles. The number of hydrogen-bond acceptors (Lipinski definition) is 3. The minimum Gasteiger partial charge on any atom is -0.460 e. The zero-order valence-electron chi connectivity index (χ0n) is 9.48. The number of esters is 1. The van der Waals surface area contributed by atoms with Gasteiger partial charge in [-0.1, -0.05) is 13.8 Å². The van der Waals surface area contributed by atoms with Gasteiger partial charge in [0.25, 0.3) is 0 Å². The molecule has 0 bridgehead atoms. The van der Waals surface area contributed by atoms with Crippen LogP contribution in [0, 0.1) is 0 Å². The maximum absolute atomic E-state index is 12.4. The smallest absolute Gasteiger partial charge is 0.460 e. The summed E-state index contributed by atoms with van der Waals surface area (Å²) in [6, 6.07) is 0. The Morgan fingerprint density at radius 3 is 1.94 bits per heavy atom. The summed E-state index contributed by atoms with van der Waals surface area (Å²) in [5.41, 5.74) is 0. The highest BCUT2D eigenvalue weighted by Gasteiger charge is 2.64. The fourth-order valence-electron chi connectivity index (χ4n) is 1.01. The lowest BCUT2D eigenvalue weighted by Crippen LogP contribution is -2.45. The van der Waals surface area contributed by atoms with E-state index in [0.717, 1.165) is 0 Å². The Morgan fingerprint density at radius 1 is 1.12 bits per heavy atom. The Balaban J connectivity index is 4.20. The number of carbonyl (C=O) groups excluding carboxylic acids is 1. The van der Waals surface area contributed by atoms with Crippen molar-refractivity contribution in [2.24, 2.45) is 0 Å². The van der Waals surface area contributed by atoms with Crippen molar-refractivity contribution in [2.75, 3.05) is 26.2 Å². The van der Waals surface area contributed by atoms with Crippen LogP contribution in [0.15, 0.2) is 0 Å². The molecule has 3 nitrogen and oxygen atoms in total. The van der Waals surface area contributed by atoms with Gasteiger partial charge >= 0.3 is 18.1 Å². The fourth-order valence-corrected chi connectivity index (χ4v) is 1.01. The zero-order valence-corrected chi connectivity index (χ0v) is 9.48. The van der Waals surface area contributed by atoms with Gasteiger partial charge in [-0.05, 0) is 13.1 Å². The second-order valence-electron chi connectivity index (χ2n) is 3.23. The van der Waals surface area contributed by atoms with Crippen LogP contribution in [0.5, 0.6) is 0 Å². The van der Waals surface area contributed by atoms with Crippen molar-refractivity contribution in [1.82, 2.24) is 4.90 Å². The molecule has 0 unspecified atom stereocenters. The predicted octanol–water partition coefficient (Wildman–Crippen LogP) is 2.07. The zero-order chi connectivity index (χ0) is 13.7. The minimum atomic E-state index is -5.92. The highest BCUT2D eigenvalue weighted by molar-refractivity contribution is 5.78. The Labute approximate surface area is 95.5 Å². The lowest BCUT2D eigenvalue weighted by atomic mass is 10.3. The third kappa shape index (κ3) is 4.45. The first-order valence-corrected chi connectivity index (χ1v) is 5.00. The first-order valence-electron chi connectivity index (χ1n) is 5.00. The van der Waals surface area contributed by atoms with Crippen LogP contribution in [0.25, 0.3) is 0 Å². The van der Waals surface area contributed by atoms with E-state index in [1.54, 1.807) is 18.7 Å². The summed E-state index contributed by atoms with van der Waals surface area (Å²) in [5.74, 6) is -8.01. The molecule has 0 heterocycles. The van der Waals surface area contributed by atoms with Crippen molar-refractivity contribution in [3.8, 4) is 0 Å². The quantitative estimate of drug-likeness (QED) is 0.542. The minimum absolute atomic E-state index is 0.118. The topological polar surface area (TPSA) is 29.5 Å². The molecule has 17 heavy (non-hydrogen) atoms. The number of halogens is 5. The number of rotatable bonds is 6. The van der Waals surface area contributed by atoms with E-state index in [4.69, 9.17) is 0 Å². The van der Waals surface area contributed by atoms with Gasteiger partial charge in [0.1, 0.15) is 6.61 Å². The van der Waals surface area contributed by atoms with Crippen molar-refractivity contribution in [3.63, 3.8) is 0 Å². The summed E-state index contributed by atoms with van der Waals surface area (Å²) in [6.45, 7) is 4.37. The van der Waals surface area contributed by atoms with Crippen LogP contribution < -0.4 is 0 Å². The van der Waals surface area contributed by atoms with E-state index in [2.05, 4.69) is 4.74 Å². The molecule has 0 amide bonds. The Bertz CT molecular complexity index is 250.